The molecule has 7 nitrogen and oxygen atoms in total. The number of carbonyl (C=O) groups excluding carboxylic acids is 1. The molecule has 2 saturated heterocycles. The van der Waals surface area contributed by atoms with Gasteiger partial charge in [-0.05, 0) is 68.1 Å². The highest BCUT2D eigenvalue weighted by Gasteiger charge is 2.40. The fourth-order valence-corrected chi connectivity index (χ4v) is 6.23. The molecule has 1 unspecified atom stereocenters. The van der Waals surface area contributed by atoms with Crippen LogP contribution in [0.3, 0.4) is 0 Å². The molecule has 3 atom stereocenters. The van der Waals surface area contributed by atoms with Gasteiger partial charge in [-0.25, -0.2) is 4.68 Å². The first kappa shape index (κ1) is 22.9. The minimum Gasteiger partial charge on any atom is -0.384 e. The van der Waals surface area contributed by atoms with Gasteiger partial charge in [0.15, 0.2) is 0 Å². The summed E-state index contributed by atoms with van der Waals surface area (Å²) < 4.78 is 7.96. The van der Waals surface area contributed by atoms with Crippen LogP contribution in [0.5, 0.6) is 0 Å². The summed E-state index contributed by atoms with van der Waals surface area (Å²) in [6.45, 7) is 2.78. The molecule has 190 valence electrons. The van der Waals surface area contributed by atoms with E-state index in [0.717, 1.165) is 75.8 Å². The molecule has 2 bridgehead atoms. The molecule has 2 aromatic heterocycles. The van der Waals surface area contributed by atoms with E-state index in [9.17, 15) is 4.79 Å². The normalized spacial score (nSPS) is 20.4. The van der Waals surface area contributed by atoms with Crippen LogP contribution in [0.4, 0.5) is 5.69 Å². The number of fused-ring (bicyclic) bond motifs is 4. The van der Waals surface area contributed by atoms with Crippen molar-refractivity contribution in [3.05, 3.63) is 84.2 Å². The number of nitrogens with zero attached hydrogens (tertiary/aromatic N) is 3. The van der Waals surface area contributed by atoms with Crippen molar-refractivity contribution in [1.29, 1.82) is 0 Å². The lowest BCUT2D eigenvalue weighted by Gasteiger charge is -2.21. The van der Waals surface area contributed by atoms with Gasteiger partial charge >= 0.3 is 0 Å². The molecular formula is C31H29N5O2. The molecule has 0 aliphatic carbocycles. The Labute approximate surface area is 220 Å². The van der Waals surface area contributed by atoms with Crippen LogP contribution in [0.15, 0.2) is 72.9 Å². The van der Waals surface area contributed by atoms with Gasteiger partial charge in [0.25, 0.3) is 5.91 Å². The second kappa shape index (κ2) is 8.96. The average molecular weight is 504 g/mol. The number of pyridine rings is 1. The Hall–Kier alpha value is -4.23. The Bertz CT molecular complexity index is 1710. The summed E-state index contributed by atoms with van der Waals surface area (Å²) in [5, 5.41) is 10.6. The van der Waals surface area contributed by atoms with Crippen molar-refractivity contribution < 1.29 is 9.53 Å². The number of aryl methyl sites for hydroxylation is 1. The minimum absolute atomic E-state index is 0.313. The number of carbonyl (C=O) groups is 1. The van der Waals surface area contributed by atoms with E-state index in [1.165, 1.54) is 0 Å². The number of nitrogens with one attached hydrogen (secondary N) is 1. The topological polar surface area (TPSA) is 95.1 Å². The number of anilines is 1. The third-order valence-corrected chi connectivity index (χ3v) is 8.08. The van der Waals surface area contributed by atoms with Gasteiger partial charge in [-0.2, -0.15) is 5.10 Å². The van der Waals surface area contributed by atoms with Crippen LogP contribution in [-0.2, 0) is 4.74 Å². The highest BCUT2D eigenvalue weighted by Crippen LogP contribution is 2.39. The van der Waals surface area contributed by atoms with Crippen LogP contribution in [0.2, 0.25) is 0 Å². The van der Waals surface area contributed by atoms with Gasteiger partial charge in [-0.3, -0.25) is 9.78 Å². The van der Waals surface area contributed by atoms with Crippen LogP contribution in [-0.4, -0.2) is 39.4 Å². The summed E-state index contributed by atoms with van der Waals surface area (Å²) in [6, 6.07) is 22.2. The highest BCUT2D eigenvalue weighted by molar-refractivity contribution is 6.00. The van der Waals surface area contributed by atoms with E-state index < -0.39 is 5.91 Å². The van der Waals surface area contributed by atoms with Gasteiger partial charge in [0.2, 0.25) is 0 Å². The first-order valence-corrected chi connectivity index (χ1v) is 13.2. The lowest BCUT2D eigenvalue weighted by atomic mass is 9.89. The monoisotopic (exact) mass is 503 g/mol. The first-order valence-electron chi connectivity index (χ1n) is 13.2. The maximum absolute atomic E-state index is 12.2. The Balaban J connectivity index is 1.28. The van der Waals surface area contributed by atoms with Crippen LogP contribution in [0.25, 0.3) is 38.6 Å². The molecule has 2 aliphatic heterocycles. The highest BCUT2D eigenvalue weighted by atomic mass is 16.5. The number of primary amides is 1. The predicted molar refractivity (Wildman–Crippen MR) is 150 cm³/mol. The molecule has 0 radical (unpaired) electrons. The van der Waals surface area contributed by atoms with Gasteiger partial charge in [0, 0.05) is 40.7 Å². The van der Waals surface area contributed by atoms with Gasteiger partial charge in [-0.1, -0.05) is 30.3 Å². The van der Waals surface area contributed by atoms with Gasteiger partial charge in [-0.15, -0.1) is 0 Å². The van der Waals surface area contributed by atoms with Crippen molar-refractivity contribution in [3.8, 4) is 16.8 Å². The Morgan fingerprint density at radius 2 is 2.00 bits per heavy atom. The van der Waals surface area contributed by atoms with E-state index in [1.54, 1.807) is 6.07 Å². The number of para-hydroxylation sites is 1. The van der Waals surface area contributed by atoms with E-state index in [-0.39, 0.29) is 0 Å². The lowest BCUT2D eigenvalue weighted by Crippen LogP contribution is -2.25. The second-order valence-corrected chi connectivity index (χ2v) is 10.5. The molecule has 3 N–H and O–H groups in total. The summed E-state index contributed by atoms with van der Waals surface area (Å²) >= 11 is 0. The molecule has 5 aromatic rings. The molecule has 4 heterocycles. The number of amides is 1. The predicted octanol–water partition coefficient (Wildman–Crippen LogP) is 5.63. The molecule has 0 spiro atoms. The number of nitrogens with two attached hydrogens (primary N) is 1. The van der Waals surface area contributed by atoms with Crippen molar-refractivity contribution >= 4 is 33.4 Å². The van der Waals surface area contributed by atoms with Crippen LogP contribution < -0.4 is 11.1 Å². The van der Waals surface area contributed by atoms with Crippen molar-refractivity contribution in [1.82, 2.24) is 14.8 Å². The van der Waals surface area contributed by atoms with Crippen LogP contribution in [0.1, 0.15) is 35.3 Å². The summed E-state index contributed by atoms with van der Waals surface area (Å²) in [5.74, 6) is -0.000122. The summed E-state index contributed by atoms with van der Waals surface area (Å²) in [4.78, 5) is 16.9. The molecule has 7 rings (SSSR count). The second-order valence-electron chi connectivity index (χ2n) is 10.5. The van der Waals surface area contributed by atoms with Crippen molar-refractivity contribution in [2.75, 3.05) is 11.9 Å². The maximum atomic E-state index is 12.2. The standard InChI is InChI=1S/C31H29N5O2/c1-18-30-24(20-13-19-5-2-3-7-26(19)33-16-20)6-4-8-28(30)36(35-18)22-9-11-25(31(32)37)27(15-22)34-17-21-14-23-10-12-29(21)38-23/h2-9,11,13,15-16,21,23,29,34H,10,12,14,17H2,1H3,(H2,32,37)/t21?,23-,29+/m0/s1. The summed E-state index contributed by atoms with van der Waals surface area (Å²) in [6.07, 6.45) is 5.97. The maximum Gasteiger partial charge on any atom is 0.250 e. The Morgan fingerprint density at radius 3 is 2.82 bits per heavy atom. The number of benzene rings is 3. The van der Waals surface area contributed by atoms with Crippen molar-refractivity contribution in [2.45, 2.75) is 38.4 Å². The number of hydrogen-bond donors (Lipinski definition) is 2. The van der Waals surface area contributed by atoms with E-state index >= 15 is 0 Å². The van der Waals surface area contributed by atoms with Crippen LogP contribution in [0, 0.1) is 12.8 Å². The Kier molecular flexibility index (Phi) is 5.40. The third kappa shape index (κ3) is 3.82. The SMILES string of the molecule is Cc1nn(-c2ccc(C(N)=O)c(NCC3C[C@@H]4CC[C@H]3O4)c2)c2cccc(-c3cnc4ccccc4c3)c12. The van der Waals surface area contributed by atoms with Gasteiger partial charge in [0.05, 0.1) is 40.2 Å². The molecule has 38 heavy (non-hydrogen) atoms. The number of hydrogen-bond acceptors (Lipinski definition) is 5. The lowest BCUT2D eigenvalue weighted by molar-refractivity contribution is 0.0941. The zero-order chi connectivity index (χ0) is 25.8. The molecule has 3 aromatic carbocycles. The molecule has 1 amide bonds. The van der Waals surface area contributed by atoms with Gasteiger partial charge < -0.3 is 15.8 Å². The molecule has 0 saturated carbocycles. The third-order valence-electron chi connectivity index (χ3n) is 8.08. The quantitative estimate of drug-likeness (QED) is 0.313. The van der Waals surface area contributed by atoms with Gasteiger partial charge in [0.1, 0.15) is 0 Å². The zero-order valence-corrected chi connectivity index (χ0v) is 21.2. The summed E-state index contributed by atoms with van der Waals surface area (Å²) in [7, 11) is 0. The zero-order valence-electron chi connectivity index (χ0n) is 21.2. The van der Waals surface area contributed by atoms with E-state index in [2.05, 4.69) is 40.6 Å². The number of rotatable bonds is 6. The van der Waals surface area contributed by atoms with E-state index in [0.29, 0.717) is 23.7 Å². The molecule has 2 fully saturated rings. The van der Waals surface area contributed by atoms with E-state index in [4.69, 9.17) is 15.6 Å². The molecule has 7 heteroatoms. The Morgan fingerprint density at radius 1 is 1.11 bits per heavy atom. The fourth-order valence-electron chi connectivity index (χ4n) is 6.23. The average Bonchev–Trinajstić information content (AvgIpc) is 3.66. The molecule has 2 aliphatic rings. The summed E-state index contributed by atoms with van der Waals surface area (Å²) in [5.41, 5.74) is 12.9. The van der Waals surface area contributed by atoms with Crippen molar-refractivity contribution in [2.24, 2.45) is 11.7 Å². The van der Waals surface area contributed by atoms with E-state index in [1.807, 2.05) is 48.1 Å². The minimum atomic E-state index is -0.448. The number of ether oxygens (including phenoxy) is 1. The van der Waals surface area contributed by atoms with Crippen LogP contribution >= 0.6 is 0 Å². The van der Waals surface area contributed by atoms with Crippen molar-refractivity contribution in [3.63, 3.8) is 0 Å². The smallest absolute Gasteiger partial charge is 0.250 e. The fraction of sp³-hybridized carbons (Fsp3) is 0.258. The first-order chi connectivity index (χ1) is 18.5. The largest absolute Gasteiger partial charge is 0.384 e. The molecular weight excluding hydrogens is 474 g/mol. The number of aromatic nitrogens is 3.